The standard InChI is InChI=1S/C6H12N6O2.ClH/c7-1-2-14-4-6(13)8-3-5-9-11-12-10-5;/h1-4,7H2,(H,8,13)(H,9,10,11,12);1H. The van der Waals surface area contributed by atoms with Gasteiger partial charge in [0.1, 0.15) is 6.61 Å². The van der Waals surface area contributed by atoms with Crippen molar-refractivity contribution in [2.24, 2.45) is 5.73 Å². The molecule has 0 spiro atoms. The number of aromatic nitrogens is 4. The van der Waals surface area contributed by atoms with Crippen LogP contribution in [0.1, 0.15) is 5.82 Å². The Morgan fingerprint density at radius 2 is 2.40 bits per heavy atom. The molecule has 86 valence electrons. The van der Waals surface area contributed by atoms with Crippen molar-refractivity contribution < 1.29 is 9.53 Å². The summed E-state index contributed by atoms with van der Waals surface area (Å²) in [6.45, 7) is 1.00. The number of hydrogen-bond acceptors (Lipinski definition) is 6. The summed E-state index contributed by atoms with van der Waals surface area (Å²) in [6, 6.07) is 0. The van der Waals surface area contributed by atoms with Crippen molar-refractivity contribution in [3.05, 3.63) is 5.82 Å². The lowest BCUT2D eigenvalue weighted by Gasteiger charge is -2.02. The molecule has 9 heteroatoms. The number of tetrazole rings is 1. The van der Waals surface area contributed by atoms with Crippen molar-refractivity contribution in [2.45, 2.75) is 6.54 Å². The fourth-order valence-corrected chi connectivity index (χ4v) is 0.734. The van der Waals surface area contributed by atoms with Gasteiger partial charge in [-0.2, -0.15) is 5.21 Å². The molecule has 0 bridgehead atoms. The molecule has 0 aromatic carbocycles. The highest BCUT2D eigenvalue weighted by Gasteiger charge is 2.02. The van der Waals surface area contributed by atoms with E-state index in [0.29, 0.717) is 19.0 Å². The van der Waals surface area contributed by atoms with Gasteiger partial charge in [-0.3, -0.25) is 4.79 Å². The van der Waals surface area contributed by atoms with Gasteiger partial charge in [0.05, 0.1) is 13.2 Å². The summed E-state index contributed by atoms with van der Waals surface area (Å²) >= 11 is 0. The van der Waals surface area contributed by atoms with Gasteiger partial charge >= 0.3 is 0 Å². The molecule has 4 N–H and O–H groups in total. The topological polar surface area (TPSA) is 119 Å². The number of nitrogens with two attached hydrogens (primary N) is 1. The third-order valence-corrected chi connectivity index (χ3v) is 1.33. The zero-order chi connectivity index (χ0) is 10.2. The zero-order valence-corrected chi connectivity index (χ0v) is 8.79. The van der Waals surface area contributed by atoms with Gasteiger partial charge < -0.3 is 15.8 Å². The molecule has 0 atom stereocenters. The lowest BCUT2D eigenvalue weighted by atomic mass is 10.5. The molecule has 8 nitrogen and oxygen atoms in total. The van der Waals surface area contributed by atoms with Crippen molar-refractivity contribution in [1.82, 2.24) is 25.9 Å². The van der Waals surface area contributed by atoms with Crippen LogP contribution in [-0.4, -0.2) is 46.3 Å². The highest BCUT2D eigenvalue weighted by atomic mass is 35.5. The molecule has 1 heterocycles. The monoisotopic (exact) mass is 236 g/mol. The van der Waals surface area contributed by atoms with E-state index >= 15 is 0 Å². The predicted molar refractivity (Wildman–Crippen MR) is 53.1 cm³/mol. The average Bonchev–Trinajstić information content (AvgIpc) is 2.68. The van der Waals surface area contributed by atoms with Gasteiger partial charge in [0, 0.05) is 6.54 Å². The van der Waals surface area contributed by atoms with Crippen LogP contribution < -0.4 is 11.1 Å². The zero-order valence-electron chi connectivity index (χ0n) is 7.97. The number of nitrogens with one attached hydrogen (secondary N) is 2. The molecule has 1 aromatic rings. The quantitative estimate of drug-likeness (QED) is 0.502. The van der Waals surface area contributed by atoms with Crippen LogP contribution in [0.5, 0.6) is 0 Å². The normalized spacial score (nSPS) is 9.40. The fraction of sp³-hybridized carbons (Fsp3) is 0.667. The van der Waals surface area contributed by atoms with Crippen molar-refractivity contribution >= 4 is 18.3 Å². The number of carbonyl (C=O) groups is 1. The Balaban J connectivity index is 0.00000196. The van der Waals surface area contributed by atoms with E-state index < -0.39 is 0 Å². The maximum absolute atomic E-state index is 11.0. The predicted octanol–water partition coefficient (Wildman–Crippen LogP) is -1.79. The molecule has 15 heavy (non-hydrogen) atoms. The van der Waals surface area contributed by atoms with Gasteiger partial charge in [-0.15, -0.1) is 22.6 Å². The van der Waals surface area contributed by atoms with Crippen LogP contribution in [0.2, 0.25) is 0 Å². The number of nitrogens with zero attached hydrogens (tertiary/aromatic N) is 3. The first kappa shape index (κ1) is 13.8. The molecule has 1 rings (SSSR count). The molecule has 0 aliphatic heterocycles. The minimum atomic E-state index is -0.233. The second-order valence-electron chi connectivity index (χ2n) is 2.45. The first-order valence-electron chi connectivity index (χ1n) is 4.09. The average molecular weight is 237 g/mol. The lowest BCUT2D eigenvalue weighted by molar-refractivity contribution is -0.125. The van der Waals surface area contributed by atoms with Crippen LogP contribution in [0.4, 0.5) is 0 Å². The summed E-state index contributed by atoms with van der Waals surface area (Å²) in [5.74, 6) is 0.195. The van der Waals surface area contributed by atoms with Gasteiger partial charge in [-0.05, 0) is 0 Å². The van der Waals surface area contributed by atoms with Crippen molar-refractivity contribution in [3.8, 4) is 0 Å². The van der Waals surface area contributed by atoms with E-state index in [4.69, 9.17) is 10.5 Å². The molecule has 1 aromatic heterocycles. The maximum atomic E-state index is 11.0. The van der Waals surface area contributed by atoms with Crippen molar-refractivity contribution in [1.29, 1.82) is 0 Å². The number of ether oxygens (including phenoxy) is 1. The second-order valence-corrected chi connectivity index (χ2v) is 2.45. The molecule has 0 aliphatic rings. The van der Waals surface area contributed by atoms with Crippen LogP contribution in [-0.2, 0) is 16.1 Å². The smallest absolute Gasteiger partial charge is 0.246 e. The Hall–Kier alpha value is -1.25. The van der Waals surface area contributed by atoms with E-state index in [2.05, 4.69) is 25.9 Å². The summed E-state index contributed by atoms with van der Waals surface area (Å²) < 4.78 is 4.91. The van der Waals surface area contributed by atoms with E-state index in [9.17, 15) is 4.79 Å². The van der Waals surface area contributed by atoms with E-state index in [0.717, 1.165) is 0 Å². The molecule has 0 radical (unpaired) electrons. The summed E-state index contributed by atoms with van der Waals surface area (Å²) in [5.41, 5.74) is 5.18. The summed E-state index contributed by atoms with van der Waals surface area (Å²) in [7, 11) is 0. The Morgan fingerprint density at radius 3 is 3.00 bits per heavy atom. The molecule has 0 unspecified atom stereocenters. The van der Waals surface area contributed by atoms with E-state index in [-0.39, 0.29) is 31.5 Å². The number of H-pyrrole nitrogens is 1. The van der Waals surface area contributed by atoms with Crippen LogP contribution in [0.25, 0.3) is 0 Å². The second kappa shape index (κ2) is 8.09. The largest absolute Gasteiger partial charge is 0.370 e. The molecule has 1 amide bonds. The van der Waals surface area contributed by atoms with Crippen LogP contribution in [0.15, 0.2) is 0 Å². The number of hydrogen-bond donors (Lipinski definition) is 3. The van der Waals surface area contributed by atoms with E-state index in [1.165, 1.54) is 0 Å². The SMILES string of the molecule is Cl.NCCOCC(=O)NCc1nn[nH]n1. The van der Waals surface area contributed by atoms with Gasteiger partial charge in [-0.1, -0.05) is 5.21 Å². The molecule has 0 saturated heterocycles. The number of rotatable bonds is 6. The Kier molecular flexibility index (Phi) is 7.42. The minimum absolute atomic E-state index is 0. The summed E-state index contributed by atoms with van der Waals surface area (Å²) in [4.78, 5) is 11.0. The fourth-order valence-electron chi connectivity index (χ4n) is 0.734. The van der Waals surface area contributed by atoms with Gasteiger partial charge in [-0.25, -0.2) is 0 Å². The van der Waals surface area contributed by atoms with Crippen molar-refractivity contribution in [2.75, 3.05) is 19.8 Å². The minimum Gasteiger partial charge on any atom is -0.370 e. The summed E-state index contributed by atoms with van der Waals surface area (Å²) in [5, 5.41) is 15.5. The van der Waals surface area contributed by atoms with Crippen LogP contribution in [0, 0.1) is 0 Å². The Morgan fingerprint density at radius 1 is 1.60 bits per heavy atom. The lowest BCUT2D eigenvalue weighted by Crippen LogP contribution is -2.28. The number of halogens is 1. The van der Waals surface area contributed by atoms with Gasteiger partial charge in [0.15, 0.2) is 5.82 Å². The Labute approximate surface area is 92.3 Å². The molecular formula is C6H13ClN6O2. The first-order chi connectivity index (χ1) is 6.83. The third kappa shape index (κ3) is 5.94. The molecule has 0 saturated carbocycles. The van der Waals surface area contributed by atoms with Gasteiger partial charge in [0.2, 0.25) is 5.91 Å². The van der Waals surface area contributed by atoms with Crippen molar-refractivity contribution in [3.63, 3.8) is 0 Å². The highest BCUT2D eigenvalue weighted by Crippen LogP contribution is 1.81. The van der Waals surface area contributed by atoms with Crippen LogP contribution >= 0.6 is 12.4 Å². The first-order valence-corrected chi connectivity index (χ1v) is 4.09. The molecular weight excluding hydrogens is 224 g/mol. The van der Waals surface area contributed by atoms with E-state index in [1.807, 2.05) is 0 Å². The molecule has 0 fully saturated rings. The number of aromatic amines is 1. The van der Waals surface area contributed by atoms with E-state index in [1.54, 1.807) is 0 Å². The maximum Gasteiger partial charge on any atom is 0.246 e. The third-order valence-electron chi connectivity index (χ3n) is 1.33. The van der Waals surface area contributed by atoms with Crippen LogP contribution in [0.3, 0.4) is 0 Å². The number of amides is 1. The van der Waals surface area contributed by atoms with Gasteiger partial charge in [0.25, 0.3) is 0 Å². The summed E-state index contributed by atoms with van der Waals surface area (Å²) in [6.07, 6.45) is 0. The highest BCUT2D eigenvalue weighted by molar-refractivity contribution is 5.85. The number of carbonyl (C=O) groups excluding carboxylic acids is 1. The Bertz CT molecular complexity index is 267. The molecule has 0 aliphatic carbocycles.